The van der Waals surface area contributed by atoms with Crippen molar-refractivity contribution in [3.8, 4) is 11.5 Å². The highest BCUT2D eigenvalue weighted by Gasteiger charge is 2.47. The molecule has 0 spiro atoms. The Morgan fingerprint density at radius 1 is 1.36 bits per heavy atom. The Kier molecular flexibility index (Phi) is 4.33. The highest BCUT2D eigenvalue weighted by atomic mass is 16.7. The van der Waals surface area contributed by atoms with Crippen LogP contribution < -0.4 is 9.47 Å². The molecule has 0 radical (unpaired) electrons. The van der Waals surface area contributed by atoms with Gasteiger partial charge < -0.3 is 24.2 Å². The Hall–Kier alpha value is -1.79. The summed E-state index contributed by atoms with van der Waals surface area (Å²) in [5, 5.41) is 10.7. The molecule has 1 aromatic rings. The second kappa shape index (κ2) is 6.50. The molecule has 1 amide bonds. The molecule has 0 bridgehead atoms. The average Bonchev–Trinajstić information content (AvgIpc) is 3.05. The Morgan fingerprint density at radius 3 is 2.84 bits per heavy atom. The summed E-state index contributed by atoms with van der Waals surface area (Å²) in [4.78, 5) is 14.8. The molecule has 2 aliphatic heterocycles. The lowest BCUT2D eigenvalue weighted by Gasteiger charge is -2.45. The van der Waals surface area contributed by atoms with Crippen LogP contribution >= 0.6 is 0 Å². The van der Waals surface area contributed by atoms with E-state index in [2.05, 4.69) is 0 Å². The number of aliphatic hydroxyl groups excluding tert-OH is 1. The average molecular weight is 347 g/mol. The second-order valence-corrected chi connectivity index (χ2v) is 7.39. The van der Waals surface area contributed by atoms with E-state index in [-0.39, 0.29) is 24.0 Å². The highest BCUT2D eigenvalue weighted by Crippen LogP contribution is 2.44. The van der Waals surface area contributed by atoms with E-state index in [9.17, 15) is 9.90 Å². The minimum absolute atomic E-state index is 0.0123. The van der Waals surface area contributed by atoms with Crippen LogP contribution in [0.1, 0.15) is 37.2 Å². The summed E-state index contributed by atoms with van der Waals surface area (Å²) in [6.45, 7) is 1.77. The van der Waals surface area contributed by atoms with Crippen LogP contribution in [0.15, 0.2) is 18.2 Å². The fourth-order valence-electron chi connectivity index (χ4n) is 4.28. The van der Waals surface area contributed by atoms with Crippen molar-refractivity contribution < 1.29 is 24.1 Å². The number of aliphatic hydroxyl groups is 1. The van der Waals surface area contributed by atoms with Crippen molar-refractivity contribution in [2.45, 2.75) is 37.7 Å². The number of β-amino-alcohol motifs (C(OH)–C–C–N with tert-alkyl or cyclic N) is 1. The van der Waals surface area contributed by atoms with E-state index in [0.29, 0.717) is 19.7 Å². The highest BCUT2D eigenvalue weighted by molar-refractivity contribution is 5.84. The number of benzene rings is 1. The second-order valence-electron chi connectivity index (χ2n) is 7.39. The zero-order chi connectivity index (χ0) is 17.4. The molecule has 2 fully saturated rings. The van der Waals surface area contributed by atoms with Gasteiger partial charge in [-0.25, -0.2) is 0 Å². The van der Waals surface area contributed by atoms with Gasteiger partial charge in [0, 0.05) is 26.1 Å². The van der Waals surface area contributed by atoms with Gasteiger partial charge in [-0.3, -0.25) is 4.79 Å². The third-order valence-electron chi connectivity index (χ3n) is 5.88. The van der Waals surface area contributed by atoms with Gasteiger partial charge in [-0.1, -0.05) is 12.5 Å². The molecule has 6 nitrogen and oxygen atoms in total. The molecule has 1 aliphatic carbocycles. The molecular formula is C19H25NO5. The number of nitrogens with zero attached hydrogens (tertiary/aromatic N) is 1. The molecule has 4 rings (SSSR count). The van der Waals surface area contributed by atoms with Crippen molar-refractivity contribution in [1.82, 2.24) is 4.90 Å². The van der Waals surface area contributed by atoms with Crippen LogP contribution in [0.2, 0.25) is 0 Å². The first-order valence-electron chi connectivity index (χ1n) is 8.99. The van der Waals surface area contributed by atoms with Crippen molar-refractivity contribution in [2.24, 2.45) is 5.41 Å². The van der Waals surface area contributed by atoms with E-state index in [4.69, 9.17) is 14.2 Å². The fraction of sp³-hybridized carbons (Fsp3) is 0.632. The first-order chi connectivity index (χ1) is 12.1. The summed E-state index contributed by atoms with van der Waals surface area (Å²) in [6, 6.07) is 5.83. The minimum atomic E-state index is -0.572. The van der Waals surface area contributed by atoms with Crippen LogP contribution in [-0.4, -0.2) is 55.6 Å². The first-order valence-corrected chi connectivity index (χ1v) is 8.99. The summed E-state index contributed by atoms with van der Waals surface area (Å²) < 4.78 is 16.1. The molecular weight excluding hydrogens is 322 g/mol. The molecule has 1 aromatic carbocycles. The monoisotopic (exact) mass is 347 g/mol. The third-order valence-corrected chi connectivity index (χ3v) is 5.88. The van der Waals surface area contributed by atoms with Crippen molar-refractivity contribution in [3.63, 3.8) is 0 Å². The van der Waals surface area contributed by atoms with E-state index < -0.39 is 6.10 Å². The van der Waals surface area contributed by atoms with E-state index in [0.717, 1.165) is 42.7 Å². The Bertz CT molecular complexity index is 657. The predicted molar refractivity (Wildman–Crippen MR) is 90.7 cm³/mol. The molecule has 2 atom stereocenters. The summed E-state index contributed by atoms with van der Waals surface area (Å²) in [5.74, 6) is 1.64. The summed E-state index contributed by atoms with van der Waals surface area (Å²) in [5.41, 5.74) is 0.680. The van der Waals surface area contributed by atoms with Crippen molar-refractivity contribution in [3.05, 3.63) is 23.8 Å². The standard InChI is InChI=1S/C19H25NO5/c1-23-11-19(6-2-7-19)18(22)20-8-5-14(15(21)10-20)13-3-4-16-17(9-13)25-12-24-16/h3-4,9,14-15,21H,2,5-8,10-12H2,1H3/t14-,15+/m1/s1. The maximum atomic E-state index is 12.9. The van der Waals surface area contributed by atoms with Crippen LogP contribution in [-0.2, 0) is 9.53 Å². The van der Waals surface area contributed by atoms with Gasteiger partial charge in [0.1, 0.15) is 0 Å². The lowest BCUT2D eigenvalue weighted by atomic mass is 9.68. The van der Waals surface area contributed by atoms with E-state index in [1.807, 2.05) is 23.1 Å². The van der Waals surface area contributed by atoms with Gasteiger partial charge in [-0.15, -0.1) is 0 Å². The molecule has 0 unspecified atom stereocenters. The Balaban J connectivity index is 1.44. The number of hydrogen-bond donors (Lipinski definition) is 1. The summed E-state index contributed by atoms with van der Waals surface area (Å²) in [7, 11) is 1.65. The van der Waals surface area contributed by atoms with E-state index in [1.54, 1.807) is 7.11 Å². The third kappa shape index (κ3) is 2.87. The van der Waals surface area contributed by atoms with Gasteiger partial charge in [0.05, 0.1) is 18.1 Å². The molecule has 1 saturated carbocycles. The number of amides is 1. The van der Waals surface area contributed by atoms with Gasteiger partial charge in [0.2, 0.25) is 12.7 Å². The zero-order valence-corrected chi connectivity index (χ0v) is 14.6. The molecule has 0 aromatic heterocycles. The molecule has 25 heavy (non-hydrogen) atoms. The number of ether oxygens (including phenoxy) is 3. The van der Waals surface area contributed by atoms with Crippen molar-refractivity contribution >= 4 is 5.91 Å². The van der Waals surface area contributed by atoms with Gasteiger partial charge in [-0.2, -0.15) is 0 Å². The molecule has 1 saturated heterocycles. The van der Waals surface area contributed by atoms with Crippen LogP contribution in [0.5, 0.6) is 11.5 Å². The predicted octanol–water partition coefficient (Wildman–Crippen LogP) is 1.91. The smallest absolute Gasteiger partial charge is 0.231 e. The number of hydrogen-bond acceptors (Lipinski definition) is 5. The lowest BCUT2D eigenvalue weighted by Crippen LogP contribution is -2.55. The van der Waals surface area contributed by atoms with E-state index in [1.165, 1.54) is 0 Å². The number of carbonyl (C=O) groups is 1. The normalized spacial score (nSPS) is 27.0. The largest absolute Gasteiger partial charge is 0.454 e. The topological polar surface area (TPSA) is 68.2 Å². The number of likely N-dealkylation sites (tertiary alicyclic amines) is 1. The summed E-state index contributed by atoms with van der Waals surface area (Å²) >= 11 is 0. The molecule has 2 heterocycles. The molecule has 3 aliphatic rings. The van der Waals surface area contributed by atoms with Crippen molar-refractivity contribution in [2.75, 3.05) is 33.6 Å². The van der Waals surface area contributed by atoms with Gasteiger partial charge in [0.15, 0.2) is 11.5 Å². The van der Waals surface area contributed by atoms with Gasteiger partial charge in [-0.05, 0) is 37.0 Å². The summed E-state index contributed by atoms with van der Waals surface area (Å²) in [6.07, 6.45) is 3.02. The molecule has 6 heteroatoms. The number of methoxy groups -OCH3 is 1. The van der Waals surface area contributed by atoms with Gasteiger partial charge >= 0.3 is 0 Å². The zero-order valence-electron chi connectivity index (χ0n) is 14.6. The van der Waals surface area contributed by atoms with Gasteiger partial charge in [0.25, 0.3) is 0 Å². The molecule has 136 valence electrons. The lowest BCUT2D eigenvalue weighted by molar-refractivity contribution is -0.155. The van der Waals surface area contributed by atoms with Crippen LogP contribution in [0.3, 0.4) is 0 Å². The maximum absolute atomic E-state index is 12.9. The fourth-order valence-corrected chi connectivity index (χ4v) is 4.28. The first kappa shape index (κ1) is 16.7. The van der Waals surface area contributed by atoms with E-state index >= 15 is 0 Å². The number of carbonyl (C=O) groups excluding carboxylic acids is 1. The minimum Gasteiger partial charge on any atom is -0.454 e. The maximum Gasteiger partial charge on any atom is 0.231 e. The Morgan fingerprint density at radius 2 is 2.16 bits per heavy atom. The van der Waals surface area contributed by atoms with Crippen LogP contribution in [0.25, 0.3) is 0 Å². The number of rotatable bonds is 4. The SMILES string of the molecule is COCC1(C(=O)N2CC[C@H](c3ccc4c(c3)OCO4)[C@@H](O)C2)CCC1. The Labute approximate surface area is 147 Å². The number of piperidine rings is 1. The number of fused-ring (bicyclic) bond motifs is 1. The molecule has 1 N–H and O–H groups in total. The van der Waals surface area contributed by atoms with Crippen molar-refractivity contribution in [1.29, 1.82) is 0 Å². The quantitative estimate of drug-likeness (QED) is 0.901. The van der Waals surface area contributed by atoms with Crippen LogP contribution in [0.4, 0.5) is 0 Å². The van der Waals surface area contributed by atoms with Crippen LogP contribution in [0, 0.1) is 5.41 Å².